The van der Waals surface area contributed by atoms with Crippen LogP contribution < -0.4 is 14.8 Å². The van der Waals surface area contributed by atoms with Crippen molar-refractivity contribution in [1.82, 2.24) is 9.21 Å². The highest BCUT2D eigenvalue weighted by atomic mass is 32.2. The summed E-state index contributed by atoms with van der Waals surface area (Å²) in [7, 11) is -0.335. The van der Waals surface area contributed by atoms with Crippen molar-refractivity contribution in [3.05, 3.63) is 48.0 Å². The van der Waals surface area contributed by atoms with E-state index in [0.717, 1.165) is 17.1 Å². The van der Waals surface area contributed by atoms with E-state index in [9.17, 15) is 13.2 Å². The third-order valence-electron chi connectivity index (χ3n) is 5.03. The minimum absolute atomic E-state index is 0.199. The van der Waals surface area contributed by atoms with Crippen LogP contribution in [0.25, 0.3) is 0 Å². The Hall–Kier alpha value is -2.62. The fourth-order valence-corrected chi connectivity index (χ4v) is 4.84. The zero-order chi connectivity index (χ0) is 21.7. The van der Waals surface area contributed by atoms with Crippen LogP contribution in [0.4, 0.5) is 5.69 Å². The Kier molecular flexibility index (Phi) is 6.96. The highest BCUT2D eigenvalue weighted by Crippen LogP contribution is 2.27. The largest absolute Gasteiger partial charge is 0.497 e. The summed E-state index contributed by atoms with van der Waals surface area (Å²) in [6.45, 7) is 4.15. The summed E-state index contributed by atoms with van der Waals surface area (Å²) in [5.41, 5.74) is 1.60. The minimum atomic E-state index is -3.57. The van der Waals surface area contributed by atoms with E-state index >= 15 is 0 Å². The molecule has 1 aliphatic heterocycles. The summed E-state index contributed by atoms with van der Waals surface area (Å²) in [6.07, 6.45) is 0. The van der Waals surface area contributed by atoms with Crippen LogP contribution in [0.3, 0.4) is 0 Å². The molecule has 2 aromatic carbocycles. The monoisotopic (exact) mass is 433 g/mol. The third-order valence-corrected chi connectivity index (χ3v) is 6.94. The van der Waals surface area contributed by atoms with E-state index < -0.39 is 10.0 Å². The van der Waals surface area contributed by atoms with Crippen molar-refractivity contribution in [3.63, 3.8) is 0 Å². The Morgan fingerprint density at radius 3 is 2.23 bits per heavy atom. The smallest absolute Gasteiger partial charge is 0.243 e. The Labute approximate surface area is 177 Å². The highest BCUT2D eigenvalue weighted by Gasteiger charge is 2.28. The van der Waals surface area contributed by atoms with Crippen LogP contribution in [-0.4, -0.2) is 63.9 Å². The van der Waals surface area contributed by atoms with E-state index in [1.807, 2.05) is 18.2 Å². The molecule has 1 fully saturated rings. The maximum absolute atomic E-state index is 12.9. The van der Waals surface area contributed by atoms with Crippen LogP contribution in [0.2, 0.25) is 0 Å². The lowest BCUT2D eigenvalue weighted by Crippen LogP contribution is -2.48. The Morgan fingerprint density at radius 2 is 1.67 bits per heavy atom. The van der Waals surface area contributed by atoms with Gasteiger partial charge >= 0.3 is 0 Å². The molecule has 1 aliphatic rings. The molecule has 0 spiro atoms. The summed E-state index contributed by atoms with van der Waals surface area (Å²) in [4.78, 5) is 13.5. The van der Waals surface area contributed by atoms with Gasteiger partial charge in [-0.05, 0) is 30.3 Å². The molecule has 2 aromatic rings. The first-order valence-corrected chi connectivity index (χ1v) is 11.1. The molecule has 30 heavy (non-hydrogen) atoms. The second-order valence-electron chi connectivity index (χ2n) is 7.06. The van der Waals surface area contributed by atoms with E-state index in [-0.39, 0.29) is 10.8 Å². The van der Waals surface area contributed by atoms with Crippen LogP contribution in [0, 0.1) is 0 Å². The SMILES string of the molecule is COc1ccc(CN2CCN(S(=O)(=O)c3ccc(NC(C)=O)cc3)CC2)c(OC)c1. The topological polar surface area (TPSA) is 88.2 Å². The molecule has 1 N–H and O–H groups in total. The van der Waals surface area contributed by atoms with Gasteiger partial charge in [0, 0.05) is 57.0 Å². The summed E-state index contributed by atoms with van der Waals surface area (Å²) in [5, 5.41) is 2.64. The van der Waals surface area contributed by atoms with Crippen LogP contribution in [-0.2, 0) is 21.4 Å². The van der Waals surface area contributed by atoms with Crippen molar-refractivity contribution in [1.29, 1.82) is 0 Å². The van der Waals surface area contributed by atoms with Crippen LogP contribution in [0.5, 0.6) is 11.5 Å². The number of nitrogens with one attached hydrogen (secondary N) is 1. The number of carbonyl (C=O) groups excluding carboxylic acids is 1. The van der Waals surface area contributed by atoms with Gasteiger partial charge in [0.05, 0.1) is 19.1 Å². The van der Waals surface area contributed by atoms with Crippen molar-refractivity contribution in [2.75, 3.05) is 45.7 Å². The zero-order valence-electron chi connectivity index (χ0n) is 17.4. The molecule has 0 aliphatic carbocycles. The molecular formula is C21H27N3O5S. The molecule has 162 valence electrons. The molecule has 1 saturated heterocycles. The first kappa shape index (κ1) is 22.1. The minimum Gasteiger partial charge on any atom is -0.497 e. The molecule has 9 heteroatoms. The first-order chi connectivity index (χ1) is 14.3. The van der Waals surface area contributed by atoms with Gasteiger partial charge in [-0.15, -0.1) is 0 Å². The van der Waals surface area contributed by atoms with E-state index in [4.69, 9.17) is 9.47 Å². The predicted molar refractivity (Wildman–Crippen MR) is 114 cm³/mol. The van der Waals surface area contributed by atoms with Gasteiger partial charge in [0.1, 0.15) is 11.5 Å². The molecule has 8 nitrogen and oxygen atoms in total. The molecule has 3 rings (SSSR count). The number of nitrogens with zero attached hydrogens (tertiary/aromatic N) is 2. The number of benzene rings is 2. The van der Waals surface area contributed by atoms with E-state index in [1.54, 1.807) is 26.4 Å². The fourth-order valence-electron chi connectivity index (χ4n) is 3.41. The number of rotatable bonds is 7. The first-order valence-electron chi connectivity index (χ1n) is 9.64. The Balaban J connectivity index is 1.63. The summed E-state index contributed by atoms with van der Waals surface area (Å²) >= 11 is 0. The lowest BCUT2D eigenvalue weighted by atomic mass is 10.1. The van der Waals surface area contributed by atoms with Crippen LogP contribution >= 0.6 is 0 Å². The lowest BCUT2D eigenvalue weighted by Gasteiger charge is -2.34. The fraction of sp³-hybridized carbons (Fsp3) is 0.381. The normalized spacial score (nSPS) is 15.6. The number of anilines is 1. The van der Waals surface area contributed by atoms with Crippen LogP contribution in [0.15, 0.2) is 47.4 Å². The van der Waals surface area contributed by atoms with Crippen LogP contribution in [0.1, 0.15) is 12.5 Å². The standard InChI is InChI=1S/C21H27N3O5S/c1-16(25)22-18-5-8-20(9-6-18)30(26,27)24-12-10-23(11-13-24)15-17-4-7-19(28-2)14-21(17)29-3/h4-9,14H,10-13,15H2,1-3H3,(H,22,25). The van der Waals surface area contributed by atoms with Crippen molar-refractivity contribution in [3.8, 4) is 11.5 Å². The summed E-state index contributed by atoms with van der Waals surface area (Å²) in [5.74, 6) is 1.29. The average molecular weight is 434 g/mol. The second-order valence-corrected chi connectivity index (χ2v) is 9.00. The predicted octanol–water partition coefficient (Wildman–Crippen LogP) is 2.17. The number of sulfonamides is 1. The number of methoxy groups -OCH3 is 2. The molecule has 0 unspecified atom stereocenters. The molecule has 0 atom stereocenters. The molecule has 0 bridgehead atoms. The molecule has 0 saturated carbocycles. The Bertz CT molecular complexity index is 984. The van der Waals surface area contributed by atoms with E-state index in [0.29, 0.717) is 38.4 Å². The molecule has 0 radical (unpaired) electrons. The number of carbonyl (C=O) groups is 1. The van der Waals surface area contributed by atoms with Gasteiger partial charge in [-0.25, -0.2) is 8.42 Å². The summed E-state index contributed by atoms with van der Waals surface area (Å²) in [6, 6.07) is 12.0. The van der Waals surface area contributed by atoms with Gasteiger partial charge in [-0.3, -0.25) is 9.69 Å². The number of amides is 1. The van der Waals surface area contributed by atoms with E-state index in [1.165, 1.54) is 23.4 Å². The molecule has 1 heterocycles. The van der Waals surface area contributed by atoms with Gasteiger partial charge in [-0.2, -0.15) is 4.31 Å². The maximum atomic E-state index is 12.9. The van der Waals surface area contributed by atoms with Crippen molar-refractivity contribution in [2.24, 2.45) is 0 Å². The van der Waals surface area contributed by atoms with Crippen molar-refractivity contribution < 1.29 is 22.7 Å². The van der Waals surface area contributed by atoms with Gasteiger partial charge in [-0.1, -0.05) is 6.07 Å². The molecular weight excluding hydrogens is 406 g/mol. The number of hydrogen-bond donors (Lipinski definition) is 1. The quantitative estimate of drug-likeness (QED) is 0.720. The van der Waals surface area contributed by atoms with Crippen molar-refractivity contribution in [2.45, 2.75) is 18.4 Å². The lowest BCUT2D eigenvalue weighted by molar-refractivity contribution is -0.114. The highest BCUT2D eigenvalue weighted by molar-refractivity contribution is 7.89. The van der Waals surface area contributed by atoms with Gasteiger partial charge in [0.2, 0.25) is 15.9 Å². The number of ether oxygens (including phenoxy) is 2. The molecule has 1 amide bonds. The zero-order valence-corrected chi connectivity index (χ0v) is 18.2. The summed E-state index contributed by atoms with van der Waals surface area (Å²) < 4.78 is 38.1. The third kappa shape index (κ3) is 5.10. The van der Waals surface area contributed by atoms with Gasteiger partial charge in [0.15, 0.2) is 0 Å². The number of hydrogen-bond acceptors (Lipinski definition) is 6. The van der Waals surface area contributed by atoms with Gasteiger partial charge < -0.3 is 14.8 Å². The van der Waals surface area contributed by atoms with Crippen molar-refractivity contribution >= 4 is 21.6 Å². The average Bonchev–Trinajstić information content (AvgIpc) is 2.74. The van der Waals surface area contributed by atoms with E-state index in [2.05, 4.69) is 10.2 Å². The maximum Gasteiger partial charge on any atom is 0.243 e. The molecule has 0 aromatic heterocycles. The second kappa shape index (κ2) is 9.46. The Morgan fingerprint density at radius 1 is 1.00 bits per heavy atom. The number of piperazine rings is 1. The van der Waals surface area contributed by atoms with Gasteiger partial charge in [0.25, 0.3) is 0 Å².